The van der Waals surface area contributed by atoms with Crippen LogP contribution in [0.5, 0.6) is 5.75 Å². The number of aryl methyl sites for hydroxylation is 2. The third kappa shape index (κ3) is 6.19. The number of hydrogen-bond acceptors (Lipinski definition) is 3. The maximum Gasteiger partial charge on any atom is 0.262 e. The lowest BCUT2D eigenvalue weighted by Gasteiger charge is -2.11. The molecule has 0 aliphatic rings. The minimum Gasteiger partial charge on any atom is -0.484 e. The van der Waals surface area contributed by atoms with Crippen molar-refractivity contribution in [1.82, 2.24) is 4.90 Å². The lowest BCUT2D eigenvalue weighted by atomic mass is 10.1. The highest BCUT2D eigenvalue weighted by atomic mass is 79.9. The van der Waals surface area contributed by atoms with Gasteiger partial charge in [-0.15, -0.1) is 0 Å². The Hall–Kier alpha value is -2.34. The monoisotopic (exact) mass is 418 g/mol. The molecule has 0 aliphatic carbocycles. The van der Waals surface area contributed by atoms with Crippen molar-refractivity contribution in [2.75, 3.05) is 26.0 Å². The van der Waals surface area contributed by atoms with Crippen LogP contribution in [0.2, 0.25) is 0 Å². The predicted molar refractivity (Wildman–Crippen MR) is 106 cm³/mol. The van der Waals surface area contributed by atoms with E-state index in [4.69, 9.17) is 4.74 Å². The molecule has 138 valence electrons. The smallest absolute Gasteiger partial charge is 0.262 e. The van der Waals surface area contributed by atoms with Gasteiger partial charge in [-0.1, -0.05) is 28.1 Å². The third-order valence-corrected chi connectivity index (χ3v) is 4.75. The summed E-state index contributed by atoms with van der Waals surface area (Å²) in [5.74, 6) is 0.533. The first kappa shape index (κ1) is 20.0. The zero-order valence-electron chi connectivity index (χ0n) is 15.2. The molecule has 0 atom stereocenters. The van der Waals surface area contributed by atoms with Gasteiger partial charge in [-0.3, -0.25) is 9.59 Å². The molecule has 0 saturated heterocycles. The van der Waals surface area contributed by atoms with Gasteiger partial charge in [0, 0.05) is 30.7 Å². The minimum atomic E-state index is -0.221. The molecule has 2 rings (SSSR count). The Kier molecular flexibility index (Phi) is 7.21. The number of carbonyl (C=O) groups is 2. The van der Waals surface area contributed by atoms with Crippen LogP contribution in [0.4, 0.5) is 5.69 Å². The number of halogens is 1. The second-order valence-corrected chi connectivity index (χ2v) is 7.09. The standard InChI is InChI=1S/C20H23BrN2O3/c1-14-12-17(9-10-18(14)21)26-13-19(24)22-16-7-4-15(5-8-16)6-11-20(25)23(2)3/h4-5,7-10,12H,6,11,13H2,1-3H3,(H,22,24). The van der Waals surface area contributed by atoms with Crippen LogP contribution in [-0.4, -0.2) is 37.4 Å². The summed E-state index contributed by atoms with van der Waals surface area (Å²) in [5.41, 5.74) is 2.80. The molecule has 6 heteroatoms. The highest BCUT2D eigenvalue weighted by Gasteiger charge is 2.07. The number of anilines is 1. The van der Waals surface area contributed by atoms with E-state index in [1.54, 1.807) is 19.0 Å². The molecular formula is C20H23BrN2O3. The van der Waals surface area contributed by atoms with Gasteiger partial charge >= 0.3 is 0 Å². The Morgan fingerprint density at radius 1 is 1.12 bits per heavy atom. The van der Waals surface area contributed by atoms with E-state index in [2.05, 4.69) is 21.2 Å². The van der Waals surface area contributed by atoms with Gasteiger partial charge in [-0.05, 0) is 54.8 Å². The van der Waals surface area contributed by atoms with E-state index in [9.17, 15) is 9.59 Å². The Bertz CT molecular complexity index is 773. The Morgan fingerprint density at radius 3 is 2.42 bits per heavy atom. The van der Waals surface area contributed by atoms with Crippen molar-refractivity contribution in [1.29, 1.82) is 0 Å². The molecule has 0 heterocycles. The van der Waals surface area contributed by atoms with E-state index in [0.29, 0.717) is 24.3 Å². The van der Waals surface area contributed by atoms with Crippen molar-refractivity contribution in [3.63, 3.8) is 0 Å². The van der Waals surface area contributed by atoms with Crippen LogP contribution in [0.1, 0.15) is 17.5 Å². The maximum atomic E-state index is 12.0. The van der Waals surface area contributed by atoms with Crippen molar-refractivity contribution >= 4 is 33.4 Å². The van der Waals surface area contributed by atoms with Gasteiger partial charge in [-0.25, -0.2) is 0 Å². The minimum absolute atomic E-state index is 0.0554. The van der Waals surface area contributed by atoms with E-state index in [1.165, 1.54) is 0 Å². The molecule has 0 bridgehead atoms. The molecule has 2 aromatic rings. The molecule has 2 aromatic carbocycles. The predicted octanol–water partition coefficient (Wildman–Crippen LogP) is 3.80. The molecule has 0 saturated carbocycles. The van der Waals surface area contributed by atoms with Gasteiger partial charge < -0.3 is 15.0 Å². The largest absolute Gasteiger partial charge is 0.484 e. The number of nitrogens with one attached hydrogen (secondary N) is 1. The molecular weight excluding hydrogens is 396 g/mol. The van der Waals surface area contributed by atoms with Gasteiger partial charge in [0.15, 0.2) is 6.61 Å². The normalized spacial score (nSPS) is 10.3. The summed E-state index contributed by atoms with van der Waals surface area (Å²) < 4.78 is 6.51. The summed E-state index contributed by atoms with van der Waals surface area (Å²) in [5, 5.41) is 2.80. The molecule has 0 unspecified atom stereocenters. The maximum absolute atomic E-state index is 12.0. The first-order valence-corrected chi connectivity index (χ1v) is 9.12. The molecule has 0 aromatic heterocycles. The fourth-order valence-electron chi connectivity index (χ4n) is 2.28. The highest BCUT2D eigenvalue weighted by molar-refractivity contribution is 9.10. The van der Waals surface area contributed by atoms with Gasteiger partial charge in [0.1, 0.15) is 5.75 Å². The molecule has 2 amide bonds. The first-order valence-electron chi connectivity index (χ1n) is 8.33. The van der Waals surface area contributed by atoms with E-state index in [-0.39, 0.29) is 18.4 Å². The molecule has 0 aliphatic heterocycles. The fraction of sp³-hybridized carbons (Fsp3) is 0.300. The lowest BCUT2D eigenvalue weighted by molar-refractivity contribution is -0.128. The SMILES string of the molecule is Cc1cc(OCC(=O)Nc2ccc(CCC(=O)N(C)C)cc2)ccc1Br. The lowest BCUT2D eigenvalue weighted by Crippen LogP contribution is -2.21. The molecule has 0 spiro atoms. The molecule has 5 nitrogen and oxygen atoms in total. The Labute approximate surface area is 162 Å². The zero-order valence-corrected chi connectivity index (χ0v) is 16.8. The second-order valence-electron chi connectivity index (χ2n) is 6.23. The van der Waals surface area contributed by atoms with E-state index in [1.807, 2.05) is 49.4 Å². The van der Waals surface area contributed by atoms with Crippen molar-refractivity contribution in [2.45, 2.75) is 19.8 Å². The molecule has 1 N–H and O–H groups in total. The summed E-state index contributed by atoms with van der Waals surface area (Å²) in [6.07, 6.45) is 1.15. The van der Waals surface area contributed by atoms with Crippen LogP contribution >= 0.6 is 15.9 Å². The van der Waals surface area contributed by atoms with Crippen molar-refractivity contribution in [2.24, 2.45) is 0 Å². The van der Waals surface area contributed by atoms with Gasteiger partial charge in [0.25, 0.3) is 5.91 Å². The molecule has 26 heavy (non-hydrogen) atoms. The number of nitrogens with zero attached hydrogens (tertiary/aromatic N) is 1. The van der Waals surface area contributed by atoms with Crippen LogP contribution in [0, 0.1) is 6.92 Å². The Balaban J connectivity index is 1.81. The van der Waals surface area contributed by atoms with E-state index < -0.39 is 0 Å². The van der Waals surface area contributed by atoms with Crippen LogP contribution in [0.15, 0.2) is 46.9 Å². The summed E-state index contributed by atoms with van der Waals surface area (Å²) in [7, 11) is 3.50. The average Bonchev–Trinajstić information content (AvgIpc) is 2.61. The first-order chi connectivity index (χ1) is 12.3. The van der Waals surface area contributed by atoms with Crippen molar-refractivity contribution in [3.8, 4) is 5.75 Å². The van der Waals surface area contributed by atoms with Gasteiger partial charge in [-0.2, -0.15) is 0 Å². The summed E-state index contributed by atoms with van der Waals surface area (Å²) in [4.78, 5) is 25.2. The third-order valence-electron chi connectivity index (χ3n) is 3.86. The van der Waals surface area contributed by atoms with Crippen LogP contribution in [0.3, 0.4) is 0 Å². The van der Waals surface area contributed by atoms with Crippen LogP contribution < -0.4 is 10.1 Å². The van der Waals surface area contributed by atoms with Crippen molar-refractivity contribution < 1.29 is 14.3 Å². The molecule has 0 radical (unpaired) electrons. The second kappa shape index (κ2) is 9.38. The topological polar surface area (TPSA) is 58.6 Å². The summed E-state index contributed by atoms with van der Waals surface area (Å²) in [6.45, 7) is 1.91. The van der Waals surface area contributed by atoms with Gasteiger partial charge in [0.2, 0.25) is 5.91 Å². The number of ether oxygens (including phenoxy) is 1. The number of benzene rings is 2. The van der Waals surface area contributed by atoms with Crippen molar-refractivity contribution in [3.05, 3.63) is 58.1 Å². The summed E-state index contributed by atoms with van der Waals surface area (Å²) >= 11 is 3.43. The number of hydrogen-bond donors (Lipinski definition) is 1. The van der Waals surface area contributed by atoms with E-state index in [0.717, 1.165) is 15.6 Å². The van der Waals surface area contributed by atoms with Gasteiger partial charge in [0.05, 0.1) is 0 Å². The number of carbonyl (C=O) groups excluding carboxylic acids is 2. The summed E-state index contributed by atoms with van der Waals surface area (Å²) in [6, 6.07) is 13.1. The van der Waals surface area contributed by atoms with Crippen LogP contribution in [-0.2, 0) is 16.0 Å². The van der Waals surface area contributed by atoms with E-state index >= 15 is 0 Å². The Morgan fingerprint density at radius 2 is 1.81 bits per heavy atom. The quantitative estimate of drug-likeness (QED) is 0.743. The number of rotatable bonds is 7. The van der Waals surface area contributed by atoms with Crippen LogP contribution in [0.25, 0.3) is 0 Å². The zero-order chi connectivity index (χ0) is 19.1. The molecule has 0 fully saturated rings. The number of amides is 2. The average molecular weight is 419 g/mol. The fourth-order valence-corrected chi connectivity index (χ4v) is 2.53. The highest BCUT2D eigenvalue weighted by Crippen LogP contribution is 2.21.